The number of aromatic nitrogens is 2. The van der Waals surface area contributed by atoms with Crippen LogP contribution >= 0.6 is 0 Å². The minimum Gasteiger partial charge on any atom is -0.352 e. The van der Waals surface area contributed by atoms with Crippen molar-refractivity contribution in [3.05, 3.63) is 68.5 Å². The fraction of sp³-hybridized carbons (Fsp3) is 0.450. The highest BCUT2D eigenvalue weighted by Crippen LogP contribution is 2.33. The van der Waals surface area contributed by atoms with Crippen molar-refractivity contribution in [1.82, 2.24) is 14.6 Å². The minimum atomic E-state index is -0.583. The van der Waals surface area contributed by atoms with Crippen LogP contribution in [0.15, 0.2) is 46.1 Å². The molecule has 1 aromatic heterocycles. The zero-order chi connectivity index (χ0) is 20.3. The van der Waals surface area contributed by atoms with Crippen molar-refractivity contribution in [2.75, 3.05) is 0 Å². The predicted molar refractivity (Wildman–Crippen MR) is 102 cm³/mol. The maximum Gasteiger partial charge on any atom is 0.330 e. The van der Waals surface area contributed by atoms with Gasteiger partial charge in [0.1, 0.15) is 12.8 Å². The monoisotopic (exact) mass is 387 g/mol. The lowest BCUT2D eigenvalue weighted by atomic mass is 10.1. The number of nitrogens with zero attached hydrogens (tertiary/aromatic N) is 2. The van der Waals surface area contributed by atoms with E-state index in [1.807, 2.05) is 37.3 Å². The van der Waals surface area contributed by atoms with Crippen LogP contribution in [0.3, 0.4) is 0 Å². The zero-order valence-corrected chi connectivity index (χ0v) is 16.3. The van der Waals surface area contributed by atoms with E-state index < -0.39 is 17.5 Å². The molecule has 28 heavy (non-hydrogen) atoms. The highest BCUT2D eigenvalue weighted by Gasteiger charge is 2.41. The molecule has 1 N–H and O–H groups in total. The van der Waals surface area contributed by atoms with Gasteiger partial charge in [-0.25, -0.2) is 9.86 Å². The summed E-state index contributed by atoms with van der Waals surface area (Å²) in [5, 5.41) is 1.35. The van der Waals surface area contributed by atoms with Gasteiger partial charge in [-0.1, -0.05) is 37.3 Å². The SMILES string of the molecule is CC[C@H]1O[C@@H](n2cc(C)c(=O)[nH]c2=O)C[C@@H]1N(OCc1ccccc1)C(C)=O. The van der Waals surface area contributed by atoms with Gasteiger partial charge in [0.15, 0.2) is 0 Å². The Kier molecular flexibility index (Phi) is 6.11. The summed E-state index contributed by atoms with van der Waals surface area (Å²) < 4.78 is 7.41. The van der Waals surface area contributed by atoms with Crippen molar-refractivity contribution >= 4 is 5.91 Å². The van der Waals surface area contributed by atoms with Gasteiger partial charge in [-0.15, -0.1) is 0 Å². The summed E-state index contributed by atoms with van der Waals surface area (Å²) in [6.07, 6.45) is 1.66. The molecule has 1 amide bonds. The number of rotatable bonds is 6. The largest absolute Gasteiger partial charge is 0.352 e. The Balaban J connectivity index is 1.81. The predicted octanol–water partition coefficient (Wildman–Crippen LogP) is 1.89. The molecule has 150 valence electrons. The van der Waals surface area contributed by atoms with Crippen LogP contribution in [-0.4, -0.2) is 32.7 Å². The number of hydrogen-bond acceptors (Lipinski definition) is 5. The van der Waals surface area contributed by atoms with Crippen molar-refractivity contribution in [1.29, 1.82) is 0 Å². The lowest BCUT2D eigenvalue weighted by Gasteiger charge is -2.29. The number of carbonyl (C=O) groups excluding carboxylic acids is 1. The van der Waals surface area contributed by atoms with Crippen molar-refractivity contribution in [3.63, 3.8) is 0 Å². The molecule has 2 heterocycles. The van der Waals surface area contributed by atoms with E-state index in [0.29, 0.717) is 18.4 Å². The van der Waals surface area contributed by atoms with Gasteiger partial charge >= 0.3 is 5.69 Å². The molecule has 8 heteroatoms. The quantitative estimate of drug-likeness (QED) is 0.764. The van der Waals surface area contributed by atoms with Crippen LogP contribution in [0.2, 0.25) is 0 Å². The van der Waals surface area contributed by atoms with Crippen molar-refractivity contribution in [3.8, 4) is 0 Å². The van der Waals surface area contributed by atoms with Crippen LogP contribution < -0.4 is 11.2 Å². The highest BCUT2D eigenvalue weighted by atomic mass is 16.7. The molecule has 3 atom stereocenters. The maximum absolute atomic E-state index is 12.3. The third-order valence-corrected chi connectivity index (χ3v) is 4.89. The van der Waals surface area contributed by atoms with E-state index in [1.165, 1.54) is 22.8 Å². The second-order valence-electron chi connectivity index (χ2n) is 6.92. The van der Waals surface area contributed by atoms with Gasteiger partial charge in [-0.3, -0.25) is 24.0 Å². The fourth-order valence-corrected chi connectivity index (χ4v) is 3.44. The second kappa shape index (κ2) is 8.53. The standard InChI is InChI=1S/C20H25N3O5/c1-4-17-16(23(14(3)24)27-12-15-8-6-5-7-9-15)10-18(28-17)22-11-13(2)19(25)21-20(22)26/h5-9,11,16-18H,4,10,12H2,1-3H3,(H,21,25,26)/t16-,17+,18+/m0/s1. The van der Waals surface area contributed by atoms with E-state index in [1.54, 1.807) is 6.92 Å². The van der Waals surface area contributed by atoms with Crippen LogP contribution in [-0.2, 0) is 21.0 Å². The van der Waals surface area contributed by atoms with Gasteiger partial charge in [0.05, 0.1) is 12.1 Å². The summed E-state index contributed by atoms with van der Waals surface area (Å²) >= 11 is 0. The number of ether oxygens (including phenoxy) is 1. The number of aromatic amines is 1. The number of H-pyrrole nitrogens is 1. The molecule has 1 aromatic carbocycles. The molecule has 0 saturated carbocycles. The number of nitrogens with one attached hydrogen (secondary N) is 1. The van der Waals surface area contributed by atoms with Crippen molar-refractivity contribution < 1.29 is 14.4 Å². The van der Waals surface area contributed by atoms with E-state index in [4.69, 9.17) is 9.57 Å². The summed E-state index contributed by atoms with van der Waals surface area (Å²) in [6.45, 7) is 5.29. The Labute approximate surface area is 162 Å². The van der Waals surface area contributed by atoms with Gasteiger partial charge < -0.3 is 4.74 Å². The average molecular weight is 387 g/mol. The highest BCUT2D eigenvalue weighted by molar-refractivity contribution is 5.72. The van der Waals surface area contributed by atoms with Crippen LogP contribution in [0.25, 0.3) is 0 Å². The van der Waals surface area contributed by atoms with Gasteiger partial charge in [0.25, 0.3) is 5.56 Å². The normalized spacial score (nSPS) is 21.6. The Morgan fingerprint density at radius 1 is 1.32 bits per heavy atom. The third-order valence-electron chi connectivity index (χ3n) is 4.89. The van der Waals surface area contributed by atoms with Crippen molar-refractivity contribution in [2.45, 2.75) is 58.6 Å². The number of carbonyl (C=O) groups is 1. The van der Waals surface area contributed by atoms with Gasteiger partial charge in [-0.05, 0) is 18.9 Å². The van der Waals surface area contributed by atoms with E-state index in [0.717, 1.165) is 5.56 Å². The summed E-state index contributed by atoms with van der Waals surface area (Å²) in [5.74, 6) is -0.228. The Hall–Kier alpha value is -2.71. The maximum atomic E-state index is 12.3. The summed E-state index contributed by atoms with van der Waals surface area (Å²) in [7, 11) is 0. The number of hydrogen-bond donors (Lipinski definition) is 1. The van der Waals surface area contributed by atoms with Gasteiger partial charge in [0.2, 0.25) is 5.91 Å². The van der Waals surface area contributed by atoms with E-state index in [9.17, 15) is 14.4 Å². The van der Waals surface area contributed by atoms with Crippen LogP contribution in [0.4, 0.5) is 0 Å². The molecule has 0 radical (unpaired) electrons. The van der Waals surface area contributed by atoms with E-state index in [-0.39, 0.29) is 24.7 Å². The lowest BCUT2D eigenvalue weighted by molar-refractivity contribution is -0.209. The third kappa shape index (κ3) is 4.23. The molecule has 1 aliphatic heterocycles. The number of hydroxylamine groups is 2. The second-order valence-corrected chi connectivity index (χ2v) is 6.92. The Morgan fingerprint density at radius 2 is 2.04 bits per heavy atom. The van der Waals surface area contributed by atoms with Crippen LogP contribution in [0.5, 0.6) is 0 Å². The molecular formula is C20H25N3O5. The molecule has 2 aromatic rings. The van der Waals surface area contributed by atoms with E-state index in [2.05, 4.69) is 4.98 Å². The molecule has 0 bridgehead atoms. The first kappa shape index (κ1) is 20.0. The number of amides is 1. The summed E-state index contributed by atoms with van der Waals surface area (Å²) in [6, 6.07) is 9.24. The first-order chi connectivity index (χ1) is 13.4. The molecule has 0 spiro atoms. The smallest absolute Gasteiger partial charge is 0.330 e. The number of aryl methyl sites for hydroxylation is 1. The molecule has 0 aliphatic carbocycles. The summed E-state index contributed by atoms with van der Waals surface area (Å²) in [4.78, 5) is 44.2. The van der Waals surface area contributed by atoms with E-state index >= 15 is 0 Å². The summed E-state index contributed by atoms with van der Waals surface area (Å²) in [5.41, 5.74) is 0.420. The molecule has 1 aliphatic rings. The molecule has 0 unspecified atom stereocenters. The molecule has 8 nitrogen and oxygen atoms in total. The minimum absolute atomic E-state index is 0.228. The van der Waals surface area contributed by atoms with Gasteiger partial charge in [0, 0.05) is 25.1 Å². The van der Waals surface area contributed by atoms with Crippen LogP contribution in [0.1, 0.15) is 44.0 Å². The van der Waals surface area contributed by atoms with Gasteiger partial charge in [-0.2, -0.15) is 0 Å². The Bertz CT molecular complexity index is 937. The number of benzene rings is 1. The first-order valence-corrected chi connectivity index (χ1v) is 9.34. The lowest BCUT2D eigenvalue weighted by Crippen LogP contribution is -2.43. The topological polar surface area (TPSA) is 93.6 Å². The van der Waals surface area contributed by atoms with Crippen LogP contribution in [0, 0.1) is 6.92 Å². The average Bonchev–Trinajstić information content (AvgIpc) is 3.09. The zero-order valence-electron chi connectivity index (χ0n) is 16.3. The molecule has 1 saturated heterocycles. The molecular weight excluding hydrogens is 362 g/mol. The van der Waals surface area contributed by atoms with Crippen molar-refractivity contribution in [2.24, 2.45) is 0 Å². The molecule has 1 fully saturated rings. The molecule has 3 rings (SSSR count). The fourth-order valence-electron chi connectivity index (χ4n) is 3.44. The first-order valence-electron chi connectivity index (χ1n) is 9.34. The Morgan fingerprint density at radius 3 is 2.68 bits per heavy atom.